The molecule has 168 valence electrons. The number of benzene rings is 1. The third-order valence-electron chi connectivity index (χ3n) is 5.56. The molecule has 0 amide bonds. The van der Waals surface area contributed by atoms with Gasteiger partial charge in [-0.2, -0.15) is 0 Å². The minimum absolute atomic E-state index is 0.0263. The van der Waals surface area contributed by atoms with Gasteiger partial charge < -0.3 is 9.64 Å². The van der Waals surface area contributed by atoms with Crippen LogP contribution in [0.5, 0.6) is 5.75 Å². The lowest BCUT2D eigenvalue weighted by Gasteiger charge is -2.32. The summed E-state index contributed by atoms with van der Waals surface area (Å²) in [6.07, 6.45) is 8.99. The molecule has 32 heavy (non-hydrogen) atoms. The Labute approximate surface area is 187 Å². The highest BCUT2D eigenvalue weighted by atomic mass is 32.2. The molecule has 0 bridgehead atoms. The predicted molar refractivity (Wildman–Crippen MR) is 122 cm³/mol. The second-order valence-electron chi connectivity index (χ2n) is 7.86. The van der Waals surface area contributed by atoms with Gasteiger partial charge in [-0.1, -0.05) is 6.92 Å². The van der Waals surface area contributed by atoms with Crippen LogP contribution >= 0.6 is 0 Å². The number of hydrogen-bond acceptors (Lipinski definition) is 7. The molecular weight excluding hydrogens is 428 g/mol. The van der Waals surface area contributed by atoms with Crippen LogP contribution in [0.2, 0.25) is 0 Å². The van der Waals surface area contributed by atoms with E-state index in [1.54, 1.807) is 24.4 Å². The van der Waals surface area contributed by atoms with Crippen molar-refractivity contribution in [1.29, 1.82) is 0 Å². The van der Waals surface area contributed by atoms with Crippen molar-refractivity contribution in [2.75, 3.05) is 24.2 Å². The number of rotatable bonds is 6. The van der Waals surface area contributed by atoms with Gasteiger partial charge in [-0.15, -0.1) is 0 Å². The van der Waals surface area contributed by atoms with Gasteiger partial charge in [0.25, 0.3) is 5.56 Å². The van der Waals surface area contributed by atoms with Gasteiger partial charge in [0, 0.05) is 50.1 Å². The molecule has 3 aromatic rings. The van der Waals surface area contributed by atoms with Crippen molar-refractivity contribution in [3.63, 3.8) is 0 Å². The smallest absolute Gasteiger partial charge is 0.258 e. The fourth-order valence-electron chi connectivity index (χ4n) is 3.69. The summed E-state index contributed by atoms with van der Waals surface area (Å²) in [6, 6.07) is 9.44. The number of anilines is 1. The molecular formula is C23H26N4O4S. The quantitative estimate of drug-likeness (QED) is 0.565. The summed E-state index contributed by atoms with van der Waals surface area (Å²) in [6.45, 7) is 3.68. The molecule has 0 saturated carbocycles. The molecule has 0 unspecified atom stereocenters. The normalized spacial score (nSPS) is 15.0. The number of sulfone groups is 1. The fraction of sp³-hybridized carbons (Fsp3) is 0.348. The Bertz CT molecular complexity index is 1230. The van der Waals surface area contributed by atoms with Gasteiger partial charge >= 0.3 is 0 Å². The van der Waals surface area contributed by atoms with Crippen LogP contribution in [-0.2, 0) is 16.3 Å². The summed E-state index contributed by atoms with van der Waals surface area (Å²) in [5.74, 6) is 1.41. The summed E-state index contributed by atoms with van der Waals surface area (Å²) in [5, 5.41) is 0. The van der Waals surface area contributed by atoms with Crippen LogP contribution < -0.4 is 15.2 Å². The van der Waals surface area contributed by atoms with Gasteiger partial charge in [0.05, 0.1) is 23.0 Å². The second kappa shape index (κ2) is 9.12. The molecule has 1 aromatic carbocycles. The molecule has 0 atom stereocenters. The van der Waals surface area contributed by atoms with Crippen LogP contribution in [0.4, 0.5) is 5.82 Å². The zero-order valence-corrected chi connectivity index (χ0v) is 19.0. The van der Waals surface area contributed by atoms with Crippen molar-refractivity contribution in [2.24, 2.45) is 0 Å². The van der Waals surface area contributed by atoms with Gasteiger partial charge in [-0.3, -0.25) is 14.3 Å². The van der Waals surface area contributed by atoms with Crippen molar-refractivity contribution >= 4 is 15.7 Å². The third-order valence-corrected chi connectivity index (χ3v) is 6.69. The molecule has 1 saturated heterocycles. The highest BCUT2D eigenvalue weighted by molar-refractivity contribution is 7.90. The zero-order valence-electron chi connectivity index (χ0n) is 18.1. The lowest BCUT2D eigenvalue weighted by atomic mass is 10.1. The van der Waals surface area contributed by atoms with E-state index in [0.717, 1.165) is 50.1 Å². The Morgan fingerprint density at radius 1 is 1.06 bits per heavy atom. The fourth-order valence-corrected chi connectivity index (χ4v) is 4.32. The monoisotopic (exact) mass is 454 g/mol. The van der Waals surface area contributed by atoms with Crippen LogP contribution in [0.1, 0.15) is 25.5 Å². The van der Waals surface area contributed by atoms with E-state index in [2.05, 4.69) is 21.8 Å². The predicted octanol–water partition coefficient (Wildman–Crippen LogP) is 2.64. The first-order valence-electron chi connectivity index (χ1n) is 10.6. The number of nitrogens with zero attached hydrogens (tertiary/aromatic N) is 4. The maximum absolute atomic E-state index is 12.6. The highest BCUT2D eigenvalue weighted by Gasteiger charge is 2.22. The van der Waals surface area contributed by atoms with E-state index >= 15 is 0 Å². The molecule has 0 aliphatic carbocycles. The molecule has 0 N–H and O–H groups in total. The van der Waals surface area contributed by atoms with Crippen molar-refractivity contribution < 1.29 is 13.2 Å². The van der Waals surface area contributed by atoms with Crippen molar-refractivity contribution in [2.45, 2.75) is 37.2 Å². The summed E-state index contributed by atoms with van der Waals surface area (Å²) in [4.78, 5) is 23.9. The average Bonchev–Trinajstić information content (AvgIpc) is 2.79. The Morgan fingerprint density at radius 3 is 2.34 bits per heavy atom. The molecule has 4 rings (SSSR count). The maximum atomic E-state index is 12.6. The summed E-state index contributed by atoms with van der Waals surface area (Å²) >= 11 is 0. The summed E-state index contributed by atoms with van der Waals surface area (Å²) in [7, 11) is -3.28. The minimum atomic E-state index is -3.28. The molecule has 9 heteroatoms. The molecule has 1 aliphatic heterocycles. The van der Waals surface area contributed by atoms with Gasteiger partial charge in [-0.25, -0.2) is 13.4 Å². The maximum Gasteiger partial charge on any atom is 0.258 e. The highest BCUT2D eigenvalue weighted by Crippen LogP contribution is 2.21. The molecule has 0 radical (unpaired) electrons. The van der Waals surface area contributed by atoms with E-state index in [1.807, 2.05) is 12.4 Å². The van der Waals surface area contributed by atoms with E-state index in [0.29, 0.717) is 11.4 Å². The van der Waals surface area contributed by atoms with E-state index in [9.17, 15) is 13.2 Å². The number of aryl methyl sites for hydroxylation is 1. The topological polar surface area (TPSA) is 94.4 Å². The lowest BCUT2D eigenvalue weighted by Crippen LogP contribution is -2.38. The van der Waals surface area contributed by atoms with Crippen LogP contribution in [0.3, 0.4) is 0 Å². The Hall–Kier alpha value is -3.20. The van der Waals surface area contributed by atoms with Crippen molar-refractivity contribution in [1.82, 2.24) is 14.5 Å². The number of hydrogen-bond donors (Lipinski definition) is 0. The summed E-state index contributed by atoms with van der Waals surface area (Å²) in [5.41, 5.74) is 1.34. The lowest BCUT2D eigenvalue weighted by molar-refractivity contribution is 0.170. The van der Waals surface area contributed by atoms with Gasteiger partial charge in [0.1, 0.15) is 17.7 Å². The minimum Gasteiger partial charge on any atom is -0.490 e. The Kier molecular flexibility index (Phi) is 6.27. The van der Waals surface area contributed by atoms with E-state index in [-0.39, 0.29) is 16.6 Å². The number of aromatic nitrogens is 3. The summed E-state index contributed by atoms with van der Waals surface area (Å²) < 4.78 is 30.7. The van der Waals surface area contributed by atoms with E-state index in [1.165, 1.54) is 22.8 Å². The third kappa shape index (κ3) is 4.99. The SMILES string of the molecule is CCc1cnc(N2CCC(Oc3ccn(-c4ccc(S(C)(=O)=O)cc4)c(=O)c3)CC2)cn1. The standard InChI is InChI=1S/C23H26N4O4S/c1-3-17-15-25-22(16-24-17)26-11-8-19(9-12-26)31-20-10-13-27(23(28)14-20)18-4-6-21(7-5-18)32(2,29)30/h4-7,10,13-16,19H,3,8-9,11-12H2,1-2H3. The Balaban J connectivity index is 1.38. The number of pyridine rings is 1. The number of piperidine rings is 1. The molecule has 2 aromatic heterocycles. The largest absolute Gasteiger partial charge is 0.490 e. The molecule has 1 fully saturated rings. The van der Waals surface area contributed by atoms with E-state index in [4.69, 9.17) is 4.74 Å². The Morgan fingerprint density at radius 2 is 1.78 bits per heavy atom. The first-order valence-corrected chi connectivity index (χ1v) is 12.5. The molecule has 0 spiro atoms. The first-order chi connectivity index (χ1) is 15.3. The molecule has 8 nitrogen and oxygen atoms in total. The zero-order chi connectivity index (χ0) is 22.7. The number of ether oxygens (including phenoxy) is 1. The van der Waals surface area contributed by atoms with E-state index < -0.39 is 9.84 Å². The van der Waals surface area contributed by atoms with Gasteiger partial charge in [0.2, 0.25) is 0 Å². The van der Waals surface area contributed by atoms with Crippen molar-refractivity contribution in [3.05, 3.63) is 71.0 Å². The van der Waals surface area contributed by atoms with Gasteiger partial charge in [-0.05, 0) is 36.8 Å². The second-order valence-corrected chi connectivity index (χ2v) is 9.88. The van der Waals surface area contributed by atoms with Crippen LogP contribution in [0.25, 0.3) is 5.69 Å². The molecule has 3 heterocycles. The van der Waals surface area contributed by atoms with Crippen LogP contribution in [-0.4, -0.2) is 48.4 Å². The first kappa shape index (κ1) is 22.0. The van der Waals surface area contributed by atoms with Gasteiger partial charge in [0.15, 0.2) is 9.84 Å². The van der Waals surface area contributed by atoms with Crippen LogP contribution in [0, 0.1) is 0 Å². The molecule has 1 aliphatic rings. The van der Waals surface area contributed by atoms with Crippen LogP contribution in [0.15, 0.2) is 64.7 Å². The average molecular weight is 455 g/mol. The van der Waals surface area contributed by atoms with Crippen molar-refractivity contribution in [3.8, 4) is 11.4 Å².